The van der Waals surface area contributed by atoms with E-state index in [1.807, 2.05) is 11.4 Å². The summed E-state index contributed by atoms with van der Waals surface area (Å²) in [6.45, 7) is 8.03. The first-order chi connectivity index (χ1) is 8.81. The fourth-order valence-corrected chi connectivity index (χ4v) is 3.07. The molecule has 0 aliphatic carbocycles. The highest BCUT2D eigenvalue weighted by molar-refractivity contribution is 7.12. The molecule has 1 amide bonds. The Morgan fingerprint density at radius 1 is 1.50 bits per heavy atom. The lowest BCUT2D eigenvalue weighted by Gasteiger charge is -2.27. The molecule has 18 heavy (non-hydrogen) atoms. The van der Waals surface area contributed by atoms with E-state index in [9.17, 15) is 4.79 Å². The molecule has 0 atom stereocenters. The predicted molar refractivity (Wildman–Crippen MR) is 75.3 cm³/mol. The molecule has 2 rings (SSSR count). The highest BCUT2D eigenvalue weighted by Gasteiger charge is 2.13. The third-order valence-electron chi connectivity index (χ3n) is 3.26. The first-order valence-corrected chi connectivity index (χ1v) is 7.47. The van der Waals surface area contributed by atoms with Crippen LogP contribution in [-0.4, -0.2) is 50.1 Å². The molecule has 0 unspecified atom stereocenters. The number of piperazine rings is 1. The van der Waals surface area contributed by atoms with Crippen LogP contribution in [0.15, 0.2) is 11.4 Å². The zero-order chi connectivity index (χ0) is 12.8. The van der Waals surface area contributed by atoms with Gasteiger partial charge in [-0.15, -0.1) is 11.3 Å². The molecule has 2 N–H and O–H groups in total. The van der Waals surface area contributed by atoms with Gasteiger partial charge in [-0.3, -0.25) is 9.69 Å². The van der Waals surface area contributed by atoms with Crippen molar-refractivity contribution in [2.75, 3.05) is 39.3 Å². The van der Waals surface area contributed by atoms with Gasteiger partial charge < -0.3 is 10.6 Å². The number of carbonyl (C=O) groups excluding carboxylic acids is 1. The summed E-state index contributed by atoms with van der Waals surface area (Å²) in [7, 11) is 0. The Morgan fingerprint density at radius 3 is 3.00 bits per heavy atom. The Kier molecular flexibility index (Phi) is 5.16. The number of nitrogens with zero attached hydrogens (tertiary/aromatic N) is 1. The fourth-order valence-electron chi connectivity index (χ4n) is 2.16. The second kappa shape index (κ2) is 6.87. The molecule has 0 radical (unpaired) electrons. The Bertz CT molecular complexity index is 385. The molecular weight excluding hydrogens is 246 g/mol. The van der Waals surface area contributed by atoms with Gasteiger partial charge in [-0.2, -0.15) is 0 Å². The summed E-state index contributed by atoms with van der Waals surface area (Å²) in [5.74, 6) is 0.0805. The van der Waals surface area contributed by atoms with E-state index in [-0.39, 0.29) is 5.91 Å². The molecular formula is C13H21N3OS. The number of thiophene rings is 1. The van der Waals surface area contributed by atoms with Crippen LogP contribution in [0.25, 0.3) is 0 Å². The van der Waals surface area contributed by atoms with Crippen LogP contribution >= 0.6 is 11.3 Å². The van der Waals surface area contributed by atoms with Crippen molar-refractivity contribution in [3.05, 3.63) is 21.9 Å². The summed E-state index contributed by atoms with van der Waals surface area (Å²) in [4.78, 5) is 15.2. The Hall–Kier alpha value is -0.910. The van der Waals surface area contributed by atoms with E-state index in [1.165, 1.54) is 11.3 Å². The molecule has 1 aliphatic rings. The summed E-state index contributed by atoms with van der Waals surface area (Å²) in [6, 6.07) is 2.04. The van der Waals surface area contributed by atoms with Crippen LogP contribution in [0, 0.1) is 0 Å². The number of carbonyl (C=O) groups is 1. The second-order valence-electron chi connectivity index (χ2n) is 4.48. The summed E-state index contributed by atoms with van der Waals surface area (Å²) in [5.41, 5.74) is 1.15. The Balaban J connectivity index is 1.74. The van der Waals surface area contributed by atoms with Crippen molar-refractivity contribution in [1.29, 1.82) is 0 Å². The Labute approximate surface area is 112 Å². The molecule has 1 aromatic heterocycles. The van der Waals surface area contributed by atoms with Crippen molar-refractivity contribution < 1.29 is 4.79 Å². The lowest BCUT2D eigenvalue weighted by atomic mass is 10.2. The molecule has 0 saturated carbocycles. The van der Waals surface area contributed by atoms with E-state index < -0.39 is 0 Å². The lowest BCUT2D eigenvalue weighted by molar-refractivity contribution is 0.0950. The largest absolute Gasteiger partial charge is 0.350 e. The first-order valence-electron chi connectivity index (χ1n) is 6.59. The van der Waals surface area contributed by atoms with E-state index in [2.05, 4.69) is 22.5 Å². The number of aryl methyl sites for hydroxylation is 1. The van der Waals surface area contributed by atoms with Crippen LogP contribution in [0.1, 0.15) is 22.2 Å². The van der Waals surface area contributed by atoms with Gasteiger partial charge in [0, 0.05) is 39.3 Å². The highest BCUT2D eigenvalue weighted by atomic mass is 32.1. The molecule has 1 saturated heterocycles. The van der Waals surface area contributed by atoms with E-state index in [4.69, 9.17) is 0 Å². The van der Waals surface area contributed by atoms with Gasteiger partial charge in [0.15, 0.2) is 0 Å². The average molecular weight is 267 g/mol. The molecule has 1 aromatic rings. The molecule has 0 aromatic carbocycles. The van der Waals surface area contributed by atoms with Gasteiger partial charge in [-0.05, 0) is 23.4 Å². The van der Waals surface area contributed by atoms with Crippen molar-refractivity contribution in [3.63, 3.8) is 0 Å². The van der Waals surface area contributed by atoms with Gasteiger partial charge in [0.25, 0.3) is 5.91 Å². The van der Waals surface area contributed by atoms with Crippen LogP contribution in [0.3, 0.4) is 0 Å². The minimum atomic E-state index is 0.0805. The molecule has 5 heteroatoms. The zero-order valence-electron chi connectivity index (χ0n) is 10.9. The van der Waals surface area contributed by atoms with Crippen LogP contribution in [0.2, 0.25) is 0 Å². The first kappa shape index (κ1) is 13.5. The van der Waals surface area contributed by atoms with Gasteiger partial charge in [-0.1, -0.05) is 6.92 Å². The summed E-state index contributed by atoms with van der Waals surface area (Å²) in [5, 5.41) is 8.33. The average Bonchev–Trinajstić information content (AvgIpc) is 2.88. The van der Waals surface area contributed by atoms with Gasteiger partial charge in [0.05, 0.1) is 4.88 Å². The third-order valence-corrected chi connectivity index (χ3v) is 4.21. The van der Waals surface area contributed by atoms with Gasteiger partial charge in [-0.25, -0.2) is 0 Å². The van der Waals surface area contributed by atoms with E-state index in [1.54, 1.807) is 0 Å². The maximum Gasteiger partial charge on any atom is 0.261 e. The maximum atomic E-state index is 12.0. The number of rotatable bonds is 5. The number of hydrogen-bond acceptors (Lipinski definition) is 4. The fraction of sp³-hybridized carbons (Fsp3) is 0.615. The summed E-state index contributed by atoms with van der Waals surface area (Å²) < 4.78 is 0. The highest BCUT2D eigenvalue weighted by Crippen LogP contribution is 2.16. The van der Waals surface area contributed by atoms with Crippen LogP contribution in [-0.2, 0) is 6.42 Å². The number of nitrogens with one attached hydrogen (secondary N) is 2. The standard InChI is InChI=1S/C13H21N3OS/c1-2-11-3-10-18-12(11)13(17)15-6-9-16-7-4-14-5-8-16/h3,10,14H,2,4-9H2,1H3,(H,15,17). The van der Waals surface area contributed by atoms with Gasteiger partial charge in [0.1, 0.15) is 0 Å². The minimum Gasteiger partial charge on any atom is -0.350 e. The maximum absolute atomic E-state index is 12.0. The van der Waals surface area contributed by atoms with Crippen molar-refractivity contribution in [2.45, 2.75) is 13.3 Å². The molecule has 100 valence electrons. The van der Waals surface area contributed by atoms with Crippen LogP contribution in [0.5, 0.6) is 0 Å². The molecule has 1 aliphatic heterocycles. The normalized spacial score (nSPS) is 16.7. The van der Waals surface area contributed by atoms with Crippen molar-refractivity contribution in [2.24, 2.45) is 0 Å². The van der Waals surface area contributed by atoms with Gasteiger partial charge >= 0.3 is 0 Å². The van der Waals surface area contributed by atoms with E-state index >= 15 is 0 Å². The van der Waals surface area contributed by atoms with Crippen LogP contribution in [0.4, 0.5) is 0 Å². The Morgan fingerprint density at radius 2 is 2.28 bits per heavy atom. The topological polar surface area (TPSA) is 44.4 Å². The predicted octanol–water partition coefficient (Wildman–Crippen LogP) is 0.946. The van der Waals surface area contributed by atoms with E-state index in [0.29, 0.717) is 0 Å². The van der Waals surface area contributed by atoms with Gasteiger partial charge in [0.2, 0.25) is 0 Å². The molecule has 1 fully saturated rings. The molecule has 4 nitrogen and oxygen atoms in total. The summed E-state index contributed by atoms with van der Waals surface area (Å²) >= 11 is 1.53. The monoisotopic (exact) mass is 267 g/mol. The second-order valence-corrected chi connectivity index (χ2v) is 5.39. The quantitative estimate of drug-likeness (QED) is 0.835. The zero-order valence-corrected chi connectivity index (χ0v) is 11.7. The van der Waals surface area contributed by atoms with Crippen molar-refractivity contribution in [1.82, 2.24) is 15.5 Å². The van der Waals surface area contributed by atoms with Crippen molar-refractivity contribution >= 4 is 17.2 Å². The number of amides is 1. The smallest absolute Gasteiger partial charge is 0.261 e. The molecule has 0 spiro atoms. The molecule has 2 heterocycles. The summed E-state index contributed by atoms with van der Waals surface area (Å²) in [6.07, 6.45) is 0.921. The van der Waals surface area contributed by atoms with Crippen molar-refractivity contribution in [3.8, 4) is 0 Å². The van der Waals surface area contributed by atoms with Crippen LogP contribution < -0.4 is 10.6 Å². The SMILES string of the molecule is CCc1ccsc1C(=O)NCCN1CCNCC1. The number of hydrogen-bond donors (Lipinski definition) is 2. The lowest BCUT2D eigenvalue weighted by Crippen LogP contribution is -2.46. The molecule has 0 bridgehead atoms. The van der Waals surface area contributed by atoms with E-state index in [0.717, 1.165) is 56.1 Å². The minimum absolute atomic E-state index is 0.0805. The third kappa shape index (κ3) is 3.54.